The molecule has 1 fully saturated rings. The van der Waals surface area contributed by atoms with E-state index in [-0.39, 0.29) is 5.75 Å². The van der Waals surface area contributed by atoms with Gasteiger partial charge in [-0.15, -0.1) is 0 Å². The average molecular weight is 396 g/mol. The molecule has 0 atom stereocenters. The van der Waals surface area contributed by atoms with Crippen LogP contribution >= 0.6 is 12.2 Å². The summed E-state index contributed by atoms with van der Waals surface area (Å²) < 4.78 is 7.03. The van der Waals surface area contributed by atoms with Gasteiger partial charge in [0.2, 0.25) is 10.6 Å². The molecule has 144 valence electrons. The Balaban J connectivity index is 1.67. The van der Waals surface area contributed by atoms with Crippen molar-refractivity contribution in [2.24, 2.45) is 5.10 Å². The van der Waals surface area contributed by atoms with E-state index < -0.39 is 0 Å². The first kappa shape index (κ1) is 18.2. The predicted octanol–water partition coefficient (Wildman–Crippen LogP) is 3.20. The number of benzene rings is 1. The van der Waals surface area contributed by atoms with Crippen LogP contribution in [0.15, 0.2) is 41.6 Å². The molecule has 1 saturated heterocycles. The first-order valence-corrected chi connectivity index (χ1v) is 9.36. The summed E-state index contributed by atoms with van der Waals surface area (Å²) in [5, 5.41) is 21.2. The molecule has 8 nitrogen and oxygen atoms in total. The van der Waals surface area contributed by atoms with Gasteiger partial charge in [-0.2, -0.15) is 14.9 Å². The number of anilines is 1. The molecule has 0 aliphatic carbocycles. The number of H-pyrrole nitrogens is 1. The lowest BCUT2D eigenvalue weighted by atomic mass is 10.2. The van der Waals surface area contributed by atoms with Crippen molar-refractivity contribution in [3.05, 3.63) is 46.9 Å². The van der Waals surface area contributed by atoms with Crippen molar-refractivity contribution < 1.29 is 9.84 Å². The van der Waals surface area contributed by atoms with E-state index in [2.05, 4.69) is 25.2 Å². The topological polar surface area (TPSA) is 91.6 Å². The number of hydrogen-bond donors (Lipinski definition) is 2. The predicted molar refractivity (Wildman–Crippen MR) is 110 cm³/mol. The molecule has 3 heterocycles. The first-order chi connectivity index (χ1) is 13.7. The van der Waals surface area contributed by atoms with E-state index in [0.717, 1.165) is 24.3 Å². The zero-order valence-corrected chi connectivity index (χ0v) is 16.2. The number of aromatic hydroxyl groups is 1. The Kier molecular flexibility index (Phi) is 5.07. The summed E-state index contributed by atoms with van der Waals surface area (Å²) in [6.45, 7) is 2.11. The zero-order valence-electron chi connectivity index (χ0n) is 15.4. The van der Waals surface area contributed by atoms with Crippen molar-refractivity contribution in [3.8, 4) is 23.0 Å². The molecule has 2 N–H and O–H groups in total. The smallest absolute Gasteiger partial charge is 0.216 e. The maximum atomic E-state index is 9.72. The Morgan fingerprint density at radius 1 is 1.25 bits per heavy atom. The van der Waals surface area contributed by atoms with Gasteiger partial charge < -0.3 is 14.7 Å². The third-order valence-corrected chi connectivity index (χ3v) is 4.88. The molecule has 0 spiro atoms. The van der Waals surface area contributed by atoms with Gasteiger partial charge in [0, 0.05) is 25.0 Å². The number of hydrogen-bond acceptors (Lipinski definition) is 7. The molecule has 1 aliphatic rings. The van der Waals surface area contributed by atoms with E-state index in [4.69, 9.17) is 17.0 Å². The van der Waals surface area contributed by atoms with E-state index in [1.165, 1.54) is 24.6 Å². The molecule has 1 aromatic carbocycles. The van der Waals surface area contributed by atoms with Crippen LogP contribution in [0.5, 0.6) is 11.5 Å². The van der Waals surface area contributed by atoms with Crippen LogP contribution < -0.4 is 9.64 Å². The quantitative estimate of drug-likeness (QED) is 0.508. The number of phenols is 1. The standard InChI is InChI=1S/C19H20N6O2S/c1-27-17-10-13(4-5-16(17)26)12-21-25-18(22-23-19(25)28)15-11-14(6-7-20-15)24-8-2-3-9-24/h4-7,10-12,26H,2-3,8-9H2,1H3,(H,23,28)/b21-12+. The molecule has 28 heavy (non-hydrogen) atoms. The van der Waals surface area contributed by atoms with Crippen LogP contribution in [0.1, 0.15) is 18.4 Å². The molecular weight excluding hydrogens is 376 g/mol. The summed E-state index contributed by atoms with van der Waals surface area (Å²) in [7, 11) is 1.50. The Hall–Kier alpha value is -3.20. The molecule has 0 radical (unpaired) electrons. The minimum atomic E-state index is 0.0724. The fourth-order valence-electron chi connectivity index (χ4n) is 3.18. The molecular formula is C19H20N6O2S. The van der Waals surface area contributed by atoms with Crippen molar-refractivity contribution in [3.63, 3.8) is 0 Å². The van der Waals surface area contributed by atoms with Gasteiger partial charge in [0.25, 0.3) is 0 Å². The number of aromatic nitrogens is 4. The molecule has 1 aliphatic heterocycles. The van der Waals surface area contributed by atoms with Crippen molar-refractivity contribution in [2.75, 3.05) is 25.1 Å². The van der Waals surface area contributed by atoms with E-state index in [1.54, 1.807) is 30.6 Å². The van der Waals surface area contributed by atoms with Crippen LogP contribution in [0.4, 0.5) is 5.69 Å². The van der Waals surface area contributed by atoms with E-state index in [0.29, 0.717) is 22.0 Å². The average Bonchev–Trinajstić information content (AvgIpc) is 3.38. The van der Waals surface area contributed by atoms with E-state index in [1.807, 2.05) is 12.1 Å². The van der Waals surface area contributed by atoms with Gasteiger partial charge in [0.05, 0.1) is 13.3 Å². The second-order valence-corrected chi connectivity index (χ2v) is 6.82. The molecule has 3 aromatic rings. The lowest BCUT2D eigenvalue weighted by Gasteiger charge is -2.17. The van der Waals surface area contributed by atoms with Crippen LogP contribution in [0.25, 0.3) is 11.5 Å². The number of phenolic OH excluding ortho intramolecular Hbond substituents is 1. The third kappa shape index (κ3) is 3.61. The van der Waals surface area contributed by atoms with Crippen LogP contribution in [-0.2, 0) is 0 Å². The summed E-state index contributed by atoms with van der Waals surface area (Å²) in [5.74, 6) is 0.983. The Bertz CT molecular complexity index is 1070. The van der Waals surface area contributed by atoms with Gasteiger partial charge in [-0.05, 0) is 61.0 Å². The highest BCUT2D eigenvalue weighted by Gasteiger charge is 2.15. The summed E-state index contributed by atoms with van der Waals surface area (Å²) in [5.41, 5.74) is 2.56. The normalized spacial score (nSPS) is 14.1. The molecule has 0 bridgehead atoms. The van der Waals surface area contributed by atoms with E-state index in [9.17, 15) is 5.11 Å². The molecule has 0 amide bonds. The SMILES string of the molecule is COc1cc(/C=N/n2c(-c3cc(N4CCCC4)ccn3)n[nH]c2=S)ccc1O. The molecule has 4 rings (SSSR count). The first-order valence-electron chi connectivity index (χ1n) is 8.96. The monoisotopic (exact) mass is 396 g/mol. The Morgan fingerprint density at radius 2 is 2.07 bits per heavy atom. The third-order valence-electron chi connectivity index (χ3n) is 4.62. The zero-order chi connectivity index (χ0) is 19.5. The van der Waals surface area contributed by atoms with Crippen LogP contribution in [0.3, 0.4) is 0 Å². The summed E-state index contributed by atoms with van der Waals surface area (Å²) in [4.78, 5) is 6.78. The number of ether oxygens (including phenoxy) is 1. The second-order valence-electron chi connectivity index (χ2n) is 6.43. The van der Waals surface area contributed by atoms with Gasteiger partial charge in [0.1, 0.15) is 5.69 Å². The number of nitrogens with zero attached hydrogens (tertiary/aromatic N) is 5. The van der Waals surface area contributed by atoms with Gasteiger partial charge in [0.15, 0.2) is 11.5 Å². The lowest BCUT2D eigenvalue weighted by Crippen LogP contribution is -2.17. The number of aromatic amines is 1. The largest absolute Gasteiger partial charge is 0.504 e. The molecule has 0 saturated carbocycles. The summed E-state index contributed by atoms with van der Waals surface area (Å²) >= 11 is 5.33. The summed E-state index contributed by atoms with van der Waals surface area (Å²) in [6.07, 6.45) is 5.81. The molecule has 0 unspecified atom stereocenters. The van der Waals surface area contributed by atoms with Crippen molar-refractivity contribution in [2.45, 2.75) is 12.8 Å². The number of pyridine rings is 1. The fourth-order valence-corrected chi connectivity index (χ4v) is 3.36. The van der Waals surface area contributed by atoms with Crippen molar-refractivity contribution in [1.29, 1.82) is 0 Å². The second kappa shape index (κ2) is 7.81. The highest BCUT2D eigenvalue weighted by Crippen LogP contribution is 2.26. The van der Waals surface area contributed by atoms with Gasteiger partial charge in [-0.1, -0.05) is 0 Å². The number of methoxy groups -OCH3 is 1. The van der Waals surface area contributed by atoms with Crippen molar-refractivity contribution in [1.82, 2.24) is 19.9 Å². The van der Waals surface area contributed by atoms with Gasteiger partial charge >= 0.3 is 0 Å². The maximum Gasteiger partial charge on any atom is 0.216 e. The highest BCUT2D eigenvalue weighted by atomic mass is 32.1. The van der Waals surface area contributed by atoms with Gasteiger partial charge in [-0.3, -0.25) is 4.98 Å². The number of nitrogens with one attached hydrogen (secondary N) is 1. The van der Waals surface area contributed by atoms with E-state index >= 15 is 0 Å². The van der Waals surface area contributed by atoms with Crippen LogP contribution in [-0.4, -0.2) is 51.4 Å². The minimum absolute atomic E-state index is 0.0724. The maximum absolute atomic E-state index is 9.72. The Morgan fingerprint density at radius 3 is 2.86 bits per heavy atom. The van der Waals surface area contributed by atoms with Crippen molar-refractivity contribution >= 4 is 24.1 Å². The Labute approximate surface area is 167 Å². The fraction of sp³-hybridized carbons (Fsp3) is 0.263. The highest BCUT2D eigenvalue weighted by molar-refractivity contribution is 7.71. The molecule has 2 aromatic heterocycles. The van der Waals surface area contributed by atoms with Gasteiger partial charge in [-0.25, -0.2) is 5.10 Å². The summed E-state index contributed by atoms with van der Waals surface area (Å²) in [6, 6.07) is 8.99. The number of rotatable bonds is 5. The molecule has 9 heteroatoms. The lowest BCUT2D eigenvalue weighted by molar-refractivity contribution is 0.373. The van der Waals surface area contributed by atoms with Crippen LogP contribution in [0.2, 0.25) is 0 Å². The van der Waals surface area contributed by atoms with Crippen LogP contribution in [0, 0.1) is 4.77 Å². The minimum Gasteiger partial charge on any atom is -0.504 e.